The summed E-state index contributed by atoms with van der Waals surface area (Å²) in [5.74, 6) is 0.946. The van der Waals surface area contributed by atoms with Gasteiger partial charge >= 0.3 is 0 Å². The van der Waals surface area contributed by atoms with Crippen molar-refractivity contribution in [2.75, 3.05) is 0 Å². The Morgan fingerprint density at radius 3 is 2.81 bits per heavy atom. The Morgan fingerprint density at radius 1 is 1.29 bits per heavy atom. The minimum atomic E-state index is 0.640. The summed E-state index contributed by atoms with van der Waals surface area (Å²) in [6.07, 6.45) is 0. The van der Waals surface area contributed by atoms with Gasteiger partial charge in [0.05, 0.1) is 22.7 Å². The van der Waals surface area contributed by atoms with E-state index < -0.39 is 0 Å². The van der Waals surface area contributed by atoms with Gasteiger partial charge < -0.3 is 4.57 Å². The first kappa shape index (κ1) is 13.8. The lowest BCUT2D eigenvalue weighted by atomic mass is 10.1. The second-order valence-corrected chi connectivity index (χ2v) is 5.76. The number of fused-ring (bicyclic) bond motifs is 1. The summed E-state index contributed by atoms with van der Waals surface area (Å²) in [6, 6.07) is 14.0. The fourth-order valence-electron chi connectivity index (χ4n) is 2.57. The van der Waals surface area contributed by atoms with Gasteiger partial charge in [-0.15, -0.1) is 0 Å². The highest BCUT2D eigenvalue weighted by Gasteiger charge is 2.14. The van der Waals surface area contributed by atoms with Crippen molar-refractivity contribution in [1.82, 2.24) is 9.55 Å². The molecule has 4 heteroatoms. The number of benzene rings is 2. The summed E-state index contributed by atoms with van der Waals surface area (Å²) in [4.78, 5) is 4.76. The second-order valence-electron chi connectivity index (χ2n) is 4.91. The smallest absolute Gasteiger partial charge is 0.141 e. The molecule has 0 N–H and O–H groups in total. The van der Waals surface area contributed by atoms with Crippen LogP contribution in [0.3, 0.4) is 0 Å². The number of hydrogen-bond acceptors (Lipinski definition) is 2. The van der Waals surface area contributed by atoms with Crippen LogP contribution in [-0.4, -0.2) is 9.55 Å². The Bertz CT molecular complexity index is 872. The zero-order valence-electron chi connectivity index (χ0n) is 11.9. The van der Waals surface area contributed by atoms with E-state index in [4.69, 9.17) is 10.2 Å². The Hall–Kier alpha value is -2.12. The molecule has 104 valence electrons. The highest BCUT2D eigenvalue weighted by Crippen LogP contribution is 2.31. The molecule has 0 aliphatic carbocycles. The molecule has 0 radical (unpaired) electrons. The maximum Gasteiger partial charge on any atom is 0.141 e. The number of nitriles is 1. The molecule has 1 heterocycles. The average Bonchev–Trinajstić information content (AvgIpc) is 2.87. The molecule has 21 heavy (non-hydrogen) atoms. The van der Waals surface area contributed by atoms with Gasteiger partial charge in [-0.1, -0.05) is 28.1 Å². The fourth-order valence-corrected chi connectivity index (χ4v) is 2.94. The van der Waals surface area contributed by atoms with E-state index >= 15 is 0 Å². The van der Waals surface area contributed by atoms with Crippen LogP contribution in [0.5, 0.6) is 0 Å². The number of halogens is 1. The molecular weight excluding hydrogens is 326 g/mol. The van der Waals surface area contributed by atoms with E-state index in [1.807, 2.05) is 30.3 Å². The third-order valence-electron chi connectivity index (χ3n) is 3.70. The van der Waals surface area contributed by atoms with E-state index in [0.717, 1.165) is 33.4 Å². The van der Waals surface area contributed by atoms with Gasteiger partial charge in [0, 0.05) is 16.6 Å². The molecule has 3 nitrogen and oxygen atoms in total. The van der Waals surface area contributed by atoms with Gasteiger partial charge in [0.2, 0.25) is 0 Å². The Balaban J connectivity index is 2.32. The number of rotatable bonds is 2. The quantitative estimate of drug-likeness (QED) is 0.680. The second kappa shape index (κ2) is 5.34. The van der Waals surface area contributed by atoms with Gasteiger partial charge in [-0.05, 0) is 43.7 Å². The van der Waals surface area contributed by atoms with Gasteiger partial charge in [0.15, 0.2) is 0 Å². The molecule has 0 aliphatic heterocycles. The van der Waals surface area contributed by atoms with Crippen LogP contribution in [0, 0.1) is 18.3 Å². The largest absolute Gasteiger partial charge is 0.324 e. The van der Waals surface area contributed by atoms with Gasteiger partial charge in [-0.2, -0.15) is 5.26 Å². The lowest BCUT2D eigenvalue weighted by molar-refractivity contribution is 0.795. The van der Waals surface area contributed by atoms with Gasteiger partial charge in [-0.3, -0.25) is 0 Å². The van der Waals surface area contributed by atoms with Crippen LogP contribution < -0.4 is 0 Å². The molecule has 3 rings (SSSR count). The third kappa shape index (κ3) is 2.24. The standard InChI is InChI=1S/C17H14BrN3/c1-3-21-16-8-7-12(10-19)9-15(16)20-17(21)13-5-4-6-14(18)11(13)2/h4-9H,3H2,1-2H3. The van der Waals surface area contributed by atoms with Crippen LogP contribution in [-0.2, 0) is 6.54 Å². The Kier molecular flexibility index (Phi) is 3.52. The van der Waals surface area contributed by atoms with E-state index in [9.17, 15) is 0 Å². The van der Waals surface area contributed by atoms with E-state index in [2.05, 4.69) is 46.5 Å². The SMILES string of the molecule is CCn1c(-c2cccc(Br)c2C)nc2cc(C#N)ccc21. The highest BCUT2D eigenvalue weighted by atomic mass is 79.9. The van der Waals surface area contributed by atoms with E-state index in [-0.39, 0.29) is 0 Å². The predicted molar refractivity (Wildman–Crippen MR) is 88.0 cm³/mol. The van der Waals surface area contributed by atoms with Crippen molar-refractivity contribution in [3.8, 4) is 17.5 Å². The van der Waals surface area contributed by atoms with E-state index in [1.54, 1.807) is 0 Å². The van der Waals surface area contributed by atoms with Crippen LogP contribution in [0.25, 0.3) is 22.4 Å². The molecule has 2 aromatic carbocycles. The molecule has 0 saturated carbocycles. The summed E-state index contributed by atoms with van der Waals surface area (Å²) < 4.78 is 3.26. The molecule has 0 saturated heterocycles. The molecule has 0 unspecified atom stereocenters. The van der Waals surface area contributed by atoms with Crippen molar-refractivity contribution < 1.29 is 0 Å². The summed E-state index contributed by atoms with van der Waals surface area (Å²) in [5, 5.41) is 9.04. The van der Waals surface area contributed by atoms with Crippen LogP contribution in [0.1, 0.15) is 18.1 Å². The van der Waals surface area contributed by atoms with Crippen LogP contribution in [0.2, 0.25) is 0 Å². The number of hydrogen-bond donors (Lipinski definition) is 0. The van der Waals surface area contributed by atoms with Crippen LogP contribution >= 0.6 is 15.9 Å². The summed E-state index contributed by atoms with van der Waals surface area (Å²) in [6.45, 7) is 5.03. The molecule has 0 amide bonds. The van der Waals surface area contributed by atoms with E-state index in [0.29, 0.717) is 5.56 Å². The Labute approximate surface area is 132 Å². The molecule has 0 bridgehead atoms. The van der Waals surface area contributed by atoms with Crippen molar-refractivity contribution in [2.45, 2.75) is 20.4 Å². The first-order valence-electron chi connectivity index (χ1n) is 6.81. The molecule has 0 fully saturated rings. The zero-order chi connectivity index (χ0) is 15.0. The van der Waals surface area contributed by atoms with Gasteiger partial charge in [-0.25, -0.2) is 4.98 Å². The number of aryl methyl sites for hydroxylation is 1. The molecule has 3 aromatic rings. The lowest BCUT2D eigenvalue weighted by Crippen LogP contribution is -1.99. The average molecular weight is 340 g/mol. The number of aromatic nitrogens is 2. The van der Waals surface area contributed by atoms with Gasteiger partial charge in [0.25, 0.3) is 0 Å². The molecular formula is C17H14BrN3. The van der Waals surface area contributed by atoms with Crippen LogP contribution in [0.4, 0.5) is 0 Å². The predicted octanol–water partition coefficient (Wildman–Crippen LogP) is 4.67. The van der Waals surface area contributed by atoms with Gasteiger partial charge in [0.1, 0.15) is 5.82 Å². The monoisotopic (exact) mass is 339 g/mol. The maximum absolute atomic E-state index is 9.04. The highest BCUT2D eigenvalue weighted by molar-refractivity contribution is 9.10. The van der Waals surface area contributed by atoms with Crippen molar-refractivity contribution in [1.29, 1.82) is 5.26 Å². The molecule has 0 atom stereocenters. The molecule has 1 aromatic heterocycles. The summed E-state index contributed by atoms with van der Waals surface area (Å²) in [5.41, 5.74) is 4.85. The topological polar surface area (TPSA) is 41.6 Å². The van der Waals surface area contributed by atoms with Crippen molar-refractivity contribution in [3.05, 3.63) is 52.0 Å². The van der Waals surface area contributed by atoms with Crippen molar-refractivity contribution in [3.63, 3.8) is 0 Å². The minimum absolute atomic E-state index is 0.640. The maximum atomic E-state index is 9.04. The third-order valence-corrected chi connectivity index (χ3v) is 4.56. The Morgan fingerprint density at radius 2 is 2.10 bits per heavy atom. The van der Waals surface area contributed by atoms with E-state index in [1.165, 1.54) is 5.56 Å². The number of nitrogens with zero attached hydrogens (tertiary/aromatic N) is 3. The lowest BCUT2D eigenvalue weighted by Gasteiger charge is -2.09. The first-order chi connectivity index (χ1) is 10.2. The normalized spacial score (nSPS) is 10.8. The number of imidazole rings is 1. The minimum Gasteiger partial charge on any atom is -0.324 e. The summed E-state index contributed by atoms with van der Waals surface area (Å²) in [7, 11) is 0. The van der Waals surface area contributed by atoms with Crippen molar-refractivity contribution >= 4 is 27.0 Å². The van der Waals surface area contributed by atoms with Crippen molar-refractivity contribution in [2.24, 2.45) is 0 Å². The zero-order valence-corrected chi connectivity index (χ0v) is 13.5. The fraction of sp³-hybridized carbons (Fsp3) is 0.176. The molecule has 0 aliphatic rings. The molecule has 0 spiro atoms. The first-order valence-corrected chi connectivity index (χ1v) is 7.61. The van der Waals surface area contributed by atoms with Crippen LogP contribution in [0.15, 0.2) is 40.9 Å². The summed E-state index contributed by atoms with van der Waals surface area (Å²) >= 11 is 3.58.